The van der Waals surface area contributed by atoms with Crippen LogP contribution in [0.5, 0.6) is 0 Å². The van der Waals surface area contributed by atoms with Gasteiger partial charge < -0.3 is 9.47 Å². The number of thiophene rings is 1. The van der Waals surface area contributed by atoms with Gasteiger partial charge in [-0.1, -0.05) is 42.5 Å². The molecule has 0 unspecified atom stereocenters. The molecular formula is C29H30N4O3S2. The Labute approximate surface area is 227 Å². The van der Waals surface area contributed by atoms with Crippen LogP contribution in [0, 0.1) is 5.92 Å². The van der Waals surface area contributed by atoms with E-state index in [2.05, 4.69) is 27.9 Å². The minimum Gasteiger partial charge on any atom is -0.337 e. The Balaban J connectivity index is 1.32. The Morgan fingerprint density at radius 3 is 2.74 bits per heavy atom. The van der Waals surface area contributed by atoms with Crippen LogP contribution in [0.1, 0.15) is 53.7 Å². The molecule has 0 bridgehead atoms. The SMILES string of the molecule is Cn1ccnc1CN(C(=O)[C@H]1C[C@H]1c1ccccc1)c1ccc2c(c1)[C@H](NS(=O)(=O)c1cccs1)CCC2. The van der Waals surface area contributed by atoms with Crippen molar-refractivity contribution in [3.05, 3.63) is 101 Å². The lowest BCUT2D eigenvalue weighted by atomic mass is 9.87. The lowest BCUT2D eigenvalue weighted by molar-refractivity contribution is -0.120. The highest BCUT2D eigenvalue weighted by atomic mass is 32.2. The molecule has 38 heavy (non-hydrogen) atoms. The quantitative estimate of drug-likeness (QED) is 0.330. The van der Waals surface area contributed by atoms with Crippen LogP contribution < -0.4 is 9.62 Å². The molecule has 9 heteroatoms. The van der Waals surface area contributed by atoms with Gasteiger partial charge in [-0.05, 0) is 71.9 Å². The molecule has 2 aromatic carbocycles. The van der Waals surface area contributed by atoms with Gasteiger partial charge in [0.05, 0.1) is 6.54 Å². The van der Waals surface area contributed by atoms with E-state index in [0.717, 1.165) is 41.9 Å². The Morgan fingerprint density at radius 1 is 1.16 bits per heavy atom. The van der Waals surface area contributed by atoms with Crippen molar-refractivity contribution >= 4 is 33.0 Å². The number of amides is 1. The molecule has 0 spiro atoms. The number of imidazole rings is 1. The van der Waals surface area contributed by atoms with Crippen molar-refractivity contribution in [2.45, 2.75) is 48.4 Å². The van der Waals surface area contributed by atoms with E-state index in [1.807, 2.05) is 53.0 Å². The fourth-order valence-corrected chi connectivity index (χ4v) is 7.72. The first-order valence-corrected chi connectivity index (χ1v) is 15.3. The van der Waals surface area contributed by atoms with E-state index in [1.165, 1.54) is 16.9 Å². The lowest BCUT2D eigenvalue weighted by Crippen LogP contribution is -2.34. The van der Waals surface area contributed by atoms with E-state index in [9.17, 15) is 13.2 Å². The van der Waals surface area contributed by atoms with Crippen LogP contribution in [0.15, 0.2) is 82.6 Å². The smallest absolute Gasteiger partial charge is 0.250 e. The molecule has 0 radical (unpaired) electrons. The summed E-state index contributed by atoms with van der Waals surface area (Å²) in [5.74, 6) is 1.01. The van der Waals surface area contributed by atoms with Crippen molar-refractivity contribution in [1.29, 1.82) is 0 Å². The number of hydrogen-bond acceptors (Lipinski definition) is 5. The summed E-state index contributed by atoms with van der Waals surface area (Å²) in [6.45, 7) is 0.352. The molecule has 6 rings (SSSR count). The van der Waals surface area contributed by atoms with Crippen molar-refractivity contribution < 1.29 is 13.2 Å². The van der Waals surface area contributed by atoms with Gasteiger partial charge in [0, 0.05) is 37.1 Å². The number of rotatable bonds is 8. The van der Waals surface area contributed by atoms with Crippen molar-refractivity contribution in [1.82, 2.24) is 14.3 Å². The van der Waals surface area contributed by atoms with Crippen molar-refractivity contribution in [3.8, 4) is 0 Å². The number of nitrogens with one attached hydrogen (secondary N) is 1. The largest absolute Gasteiger partial charge is 0.337 e. The highest BCUT2D eigenvalue weighted by Crippen LogP contribution is 2.49. The number of carbonyl (C=O) groups excluding carboxylic acids is 1. The van der Waals surface area contributed by atoms with Crippen LogP contribution in [0.4, 0.5) is 5.69 Å². The van der Waals surface area contributed by atoms with E-state index in [4.69, 9.17) is 0 Å². The first-order chi connectivity index (χ1) is 18.4. The summed E-state index contributed by atoms with van der Waals surface area (Å²) in [5, 5.41) is 1.77. The fourth-order valence-electron chi connectivity index (χ4n) is 5.46. The third-order valence-electron chi connectivity index (χ3n) is 7.63. The van der Waals surface area contributed by atoms with E-state index in [0.29, 0.717) is 17.2 Å². The number of carbonyl (C=O) groups is 1. The number of aromatic nitrogens is 2. The maximum atomic E-state index is 13.9. The van der Waals surface area contributed by atoms with Crippen molar-refractivity contribution in [2.24, 2.45) is 13.0 Å². The van der Waals surface area contributed by atoms with Crippen LogP contribution in [0.2, 0.25) is 0 Å². The Hall–Kier alpha value is -3.27. The maximum absolute atomic E-state index is 13.9. The molecule has 0 aliphatic heterocycles. The normalized spacial score (nSPS) is 20.6. The van der Waals surface area contributed by atoms with Crippen molar-refractivity contribution in [3.63, 3.8) is 0 Å². The maximum Gasteiger partial charge on any atom is 0.250 e. The third-order valence-corrected chi connectivity index (χ3v) is 10.5. The lowest BCUT2D eigenvalue weighted by Gasteiger charge is -2.29. The third kappa shape index (κ3) is 4.93. The zero-order valence-corrected chi connectivity index (χ0v) is 22.8. The summed E-state index contributed by atoms with van der Waals surface area (Å²) in [5.41, 5.74) is 4.03. The topological polar surface area (TPSA) is 84.3 Å². The van der Waals surface area contributed by atoms with Crippen LogP contribution in [-0.4, -0.2) is 23.9 Å². The van der Waals surface area contributed by atoms with Gasteiger partial charge in [0.1, 0.15) is 10.0 Å². The predicted octanol–water partition coefficient (Wildman–Crippen LogP) is 5.17. The second-order valence-corrected chi connectivity index (χ2v) is 13.0. The van der Waals surface area contributed by atoms with Gasteiger partial charge >= 0.3 is 0 Å². The summed E-state index contributed by atoms with van der Waals surface area (Å²) in [6, 6.07) is 19.3. The average molecular weight is 547 g/mol. The van der Waals surface area contributed by atoms with Crippen LogP contribution in [0.25, 0.3) is 0 Å². The monoisotopic (exact) mass is 546 g/mol. The molecule has 1 N–H and O–H groups in total. The second-order valence-electron chi connectivity index (χ2n) is 10.1. The molecule has 0 saturated heterocycles. The fraction of sp³-hybridized carbons (Fsp3) is 0.310. The Bertz CT molecular complexity index is 1550. The molecule has 4 aromatic rings. The Morgan fingerprint density at radius 2 is 2.00 bits per heavy atom. The van der Waals surface area contributed by atoms with Gasteiger partial charge in [0.25, 0.3) is 10.0 Å². The Kier molecular flexibility index (Phi) is 6.67. The minimum atomic E-state index is -3.62. The average Bonchev–Trinajstić information content (AvgIpc) is 3.30. The zero-order chi connectivity index (χ0) is 26.3. The van der Waals surface area contributed by atoms with E-state index >= 15 is 0 Å². The summed E-state index contributed by atoms with van der Waals surface area (Å²) in [7, 11) is -1.69. The molecule has 1 amide bonds. The predicted molar refractivity (Wildman–Crippen MR) is 148 cm³/mol. The second kappa shape index (κ2) is 10.1. The molecule has 2 heterocycles. The molecule has 2 aliphatic carbocycles. The molecule has 2 aromatic heterocycles. The summed E-state index contributed by atoms with van der Waals surface area (Å²) >= 11 is 1.21. The number of hydrogen-bond donors (Lipinski definition) is 1. The molecule has 196 valence electrons. The van der Waals surface area contributed by atoms with Crippen LogP contribution in [-0.2, 0) is 34.8 Å². The number of nitrogens with zero attached hydrogens (tertiary/aromatic N) is 3. The van der Waals surface area contributed by atoms with E-state index < -0.39 is 10.0 Å². The first kappa shape index (κ1) is 25.0. The van der Waals surface area contributed by atoms with Gasteiger partial charge in [-0.15, -0.1) is 11.3 Å². The minimum absolute atomic E-state index is 0.0772. The summed E-state index contributed by atoms with van der Waals surface area (Å²) < 4.78 is 31.3. The molecular weight excluding hydrogens is 516 g/mol. The molecule has 3 atom stereocenters. The molecule has 1 saturated carbocycles. The van der Waals surface area contributed by atoms with E-state index in [-0.39, 0.29) is 23.8 Å². The first-order valence-electron chi connectivity index (χ1n) is 12.9. The van der Waals surface area contributed by atoms with Crippen LogP contribution in [0.3, 0.4) is 0 Å². The number of fused-ring (bicyclic) bond motifs is 1. The van der Waals surface area contributed by atoms with Gasteiger partial charge in [0.2, 0.25) is 5.91 Å². The van der Waals surface area contributed by atoms with Gasteiger partial charge in [0.15, 0.2) is 0 Å². The van der Waals surface area contributed by atoms with Crippen LogP contribution >= 0.6 is 11.3 Å². The molecule has 2 aliphatic rings. The highest BCUT2D eigenvalue weighted by Gasteiger charge is 2.46. The summed E-state index contributed by atoms with van der Waals surface area (Å²) in [6.07, 6.45) is 6.95. The molecule has 7 nitrogen and oxygen atoms in total. The number of anilines is 1. The number of sulfonamides is 1. The van der Waals surface area contributed by atoms with Gasteiger partial charge in [-0.3, -0.25) is 4.79 Å². The zero-order valence-electron chi connectivity index (χ0n) is 21.2. The standard InChI is InChI=1S/C29H30N4O3S2/c1-32-15-14-30-27(32)19-33(29(34)25-18-23(25)20-7-3-2-4-8-20)22-13-12-21-9-5-10-26(24(21)17-22)31-38(35,36)28-11-6-16-37-28/h2-4,6-8,11-17,23,25-26,31H,5,9-10,18-19H2,1H3/t23-,25-,26+/m0/s1. The highest BCUT2D eigenvalue weighted by molar-refractivity contribution is 7.91. The number of aryl methyl sites for hydroxylation is 2. The van der Waals surface area contributed by atoms with E-state index in [1.54, 1.807) is 23.7 Å². The van der Waals surface area contributed by atoms with Gasteiger partial charge in [-0.2, -0.15) is 0 Å². The summed E-state index contributed by atoms with van der Waals surface area (Å²) in [4.78, 5) is 20.2. The van der Waals surface area contributed by atoms with Crippen molar-refractivity contribution in [2.75, 3.05) is 4.90 Å². The molecule has 1 fully saturated rings. The van der Waals surface area contributed by atoms with Gasteiger partial charge in [-0.25, -0.2) is 18.1 Å². The number of benzene rings is 2.